The zero-order valence-corrected chi connectivity index (χ0v) is 12.1. The molecule has 1 amide bonds. The van der Waals surface area contributed by atoms with Crippen LogP contribution in [0.4, 0.5) is 5.82 Å². The third-order valence-electron chi connectivity index (χ3n) is 2.58. The van der Waals surface area contributed by atoms with Gasteiger partial charge in [-0.15, -0.1) is 0 Å². The highest BCUT2D eigenvalue weighted by Gasteiger charge is 2.12. The van der Waals surface area contributed by atoms with Gasteiger partial charge in [-0.25, -0.2) is 9.78 Å². The van der Waals surface area contributed by atoms with Crippen molar-refractivity contribution in [2.24, 2.45) is 0 Å². The molecule has 0 saturated heterocycles. The number of aryl methyl sites for hydroxylation is 1. The standard InChI is InChI=1S/C14H11BrN2O3/c1-8-5-6-9(10(15)7-8)13(18)17-12-4-2-3-11(16-12)14(19)20/h2-7H,1H3,(H,19,20)(H,16,17,18). The number of pyridine rings is 1. The number of rotatable bonds is 3. The number of hydrogen-bond acceptors (Lipinski definition) is 3. The molecular weight excluding hydrogens is 324 g/mol. The molecule has 2 aromatic rings. The third kappa shape index (κ3) is 3.21. The summed E-state index contributed by atoms with van der Waals surface area (Å²) in [6, 6.07) is 9.76. The van der Waals surface area contributed by atoms with E-state index < -0.39 is 5.97 Å². The molecule has 0 bridgehead atoms. The smallest absolute Gasteiger partial charge is 0.354 e. The summed E-state index contributed by atoms with van der Waals surface area (Å²) in [6.45, 7) is 1.92. The number of carboxylic acids is 1. The number of hydrogen-bond donors (Lipinski definition) is 2. The van der Waals surface area contributed by atoms with Crippen molar-refractivity contribution in [3.63, 3.8) is 0 Å². The number of aromatic carboxylic acids is 1. The maximum Gasteiger partial charge on any atom is 0.354 e. The molecule has 0 spiro atoms. The molecule has 1 heterocycles. The monoisotopic (exact) mass is 334 g/mol. The van der Waals surface area contributed by atoms with E-state index in [1.165, 1.54) is 18.2 Å². The van der Waals surface area contributed by atoms with E-state index in [2.05, 4.69) is 26.2 Å². The summed E-state index contributed by atoms with van der Waals surface area (Å²) < 4.78 is 0.671. The Morgan fingerprint density at radius 2 is 2.00 bits per heavy atom. The lowest BCUT2D eigenvalue weighted by Crippen LogP contribution is -2.14. The molecule has 5 nitrogen and oxygen atoms in total. The van der Waals surface area contributed by atoms with Crippen LogP contribution in [0.1, 0.15) is 26.4 Å². The van der Waals surface area contributed by atoms with Crippen molar-refractivity contribution in [2.45, 2.75) is 6.92 Å². The van der Waals surface area contributed by atoms with Crippen molar-refractivity contribution in [2.75, 3.05) is 5.32 Å². The quantitative estimate of drug-likeness (QED) is 0.903. The van der Waals surface area contributed by atoms with Crippen LogP contribution in [0.3, 0.4) is 0 Å². The molecule has 0 aliphatic rings. The maximum absolute atomic E-state index is 12.1. The van der Waals surface area contributed by atoms with Crippen LogP contribution in [0.2, 0.25) is 0 Å². The predicted molar refractivity (Wildman–Crippen MR) is 78.0 cm³/mol. The molecule has 0 fully saturated rings. The van der Waals surface area contributed by atoms with E-state index in [4.69, 9.17) is 5.11 Å². The summed E-state index contributed by atoms with van der Waals surface area (Å²) in [5.41, 5.74) is 1.36. The average molecular weight is 335 g/mol. The van der Waals surface area contributed by atoms with Gasteiger partial charge in [-0.1, -0.05) is 12.1 Å². The molecule has 0 atom stereocenters. The zero-order valence-electron chi connectivity index (χ0n) is 10.6. The largest absolute Gasteiger partial charge is 0.477 e. The molecule has 1 aromatic heterocycles. The highest BCUT2D eigenvalue weighted by atomic mass is 79.9. The van der Waals surface area contributed by atoms with E-state index in [-0.39, 0.29) is 17.4 Å². The van der Waals surface area contributed by atoms with E-state index in [9.17, 15) is 9.59 Å². The Hall–Kier alpha value is -2.21. The summed E-state index contributed by atoms with van der Waals surface area (Å²) >= 11 is 3.32. The van der Waals surface area contributed by atoms with Crippen LogP contribution in [0, 0.1) is 6.92 Å². The molecule has 0 aliphatic heterocycles. The van der Waals surface area contributed by atoms with Gasteiger partial charge in [0.05, 0.1) is 5.56 Å². The van der Waals surface area contributed by atoms with Gasteiger partial charge >= 0.3 is 5.97 Å². The van der Waals surface area contributed by atoms with Gasteiger partial charge in [0.1, 0.15) is 5.82 Å². The Kier molecular flexibility index (Phi) is 4.14. The molecule has 0 aliphatic carbocycles. The molecule has 102 valence electrons. The lowest BCUT2D eigenvalue weighted by molar-refractivity contribution is 0.0690. The first-order chi connectivity index (χ1) is 9.47. The van der Waals surface area contributed by atoms with Gasteiger partial charge < -0.3 is 10.4 Å². The number of anilines is 1. The van der Waals surface area contributed by atoms with Crippen molar-refractivity contribution < 1.29 is 14.7 Å². The fraction of sp³-hybridized carbons (Fsp3) is 0.0714. The molecule has 0 radical (unpaired) electrons. The molecule has 0 unspecified atom stereocenters. The van der Waals surface area contributed by atoms with Crippen LogP contribution in [0.25, 0.3) is 0 Å². The van der Waals surface area contributed by atoms with E-state index >= 15 is 0 Å². The van der Waals surface area contributed by atoms with E-state index in [1.807, 2.05) is 19.1 Å². The van der Waals surface area contributed by atoms with Crippen LogP contribution in [-0.4, -0.2) is 22.0 Å². The maximum atomic E-state index is 12.1. The first-order valence-electron chi connectivity index (χ1n) is 5.75. The Bertz CT molecular complexity index is 686. The SMILES string of the molecule is Cc1ccc(C(=O)Nc2cccc(C(=O)O)n2)c(Br)c1. The lowest BCUT2D eigenvalue weighted by Gasteiger charge is -2.07. The third-order valence-corrected chi connectivity index (χ3v) is 3.24. The van der Waals surface area contributed by atoms with Crippen molar-refractivity contribution in [3.8, 4) is 0 Å². The van der Waals surface area contributed by atoms with Gasteiger partial charge in [0, 0.05) is 4.47 Å². The summed E-state index contributed by atoms with van der Waals surface area (Å²) in [5.74, 6) is -1.30. The van der Waals surface area contributed by atoms with Crippen molar-refractivity contribution in [1.29, 1.82) is 0 Å². The number of carboxylic acid groups (broad SMARTS) is 1. The molecule has 1 aromatic carbocycles. The van der Waals surface area contributed by atoms with Crippen LogP contribution in [-0.2, 0) is 0 Å². The number of aromatic nitrogens is 1. The minimum absolute atomic E-state index is 0.120. The number of nitrogens with zero attached hydrogens (tertiary/aromatic N) is 1. The van der Waals surface area contributed by atoms with Gasteiger partial charge in [0.15, 0.2) is 5.69 Å². The summed E-state index contributed by atoms with van der Waals surface area (Å²) in [4.78, 5) is 26.8. The van der Waals surface area contributed by atoms with Gasteiger partial charge in [-0.2, -0.15) is 0 Å². The van der Waals surface area contributed by atoms with E-state index in [1.54, 1.807) is 6.07 Å². The number of amides is 1. The number of halogens is 1. The number of benzene rings is 1. The topological polar surface area (TPSA) is 79.3 Å². The fourth-order valence-electron chi connectivity index (χ4n) is 1.61. The zero-order chi connectivity index (χ0) is 14.7. The fourth-order valence-corrected chi connectivity index (χ4v) is 2.28. The molecule has 20 heavy (non-hydrogen) atoms. The summed E-state index contributed by atoms with van der Waals surface area (Å²) in [6.07, 6.45) is 0. The van der Waals surface area contributed by atoms with Gasteiger partial charge in [0.25, 0.3) is 5.91 Å². The molecule has 2 N–H and O–H groups in total. The van der Waals surface area contributed by atoms with E-state index in [0.29, 0.717) is 10.0 Å². The Morgan fingerprint density at radius 3 is 2.65 bits per heavy atom. The Morgan fingerprint density at radius 1 is 1.25 bits per heavy atom. The van der Waals surface area contributed by atoms with Crippen molar-refractivity contribution in [1.82, 2.24) is 4.98 Å². The molecule has 6 heteroatoms. The second-order valence-electron chi connectivity index (χ2n) is 4.15. The van der Waals surface area contributed by atoms with E-state index in [0.717, 1.165) is 5.56 Å². The highest BCUT2D eigenvalue weighted by molar-refractivity contribution is 9.10. The molecule has 2 rings (SSSR count). The summed E-state index contributed by atoms with van der Waals surface area (Å²) in [5, 5.41) is 11.4. The molecular formula is C14H11BrN2O3. The average Bonchev–Trinajstić information content (AvgIpc) is 2.38. The second-order valence-corrected chi connectivity index (χ2v) is 5.00. The van der Waals surface area contributed by atoms with Crippen LogP contribution in [0.5, 0.6) is 0 Å². The van der Waals surface area contributed by atoms with Crippen molar-refractivity contribution >= 4 is 33.6 Å². The first-order valence-corrected chi connectivity index (χ1v) is 6.54. The van der Waals surface area contributed by atoms with Crippen LogP contribution < -0.4 is 5.32 Å². The lowest BCUT2D eigenvalue weighted by atomic mass is 10.1. The minimum Gasteiger partial charge on any atom is -0.477 e. The van der Waals surface area contributed by atoms with Gasteiger partial charge in [0.2, 0.25) is 0 Å². The number of nitrogens with one attached hydrogen (secondary N) is 1. The van der Waals surface area contributed by atoms with Crippen molar-refractivity contribution in [3.05, 3.63) is 57.7 Å². The molecule has 0 saturated carbocycles. The Labute approximate surface area is 123 Å². The minimum atomic E-state index is -1.14. The van der Waals surface area contributed by atoms with Crippen LogP contribution in [0.15, 0.2) is 40.9 Å². The normalized spacial score (nSPS) is 10.1. The summed E-state index contributed by atoms with van der Waals surface area (Å²) in [7, 11) is 0. The number of carbonyl (C=O) groups excluding carboxylic acids is 1. The van der Waals surface area contributed by atoms with Crippen LogP contribution >= 0.6 is 15.9 Å². The van der Waals surface area contributed by atoms with Gasteiger partial charge in [-0.05, 0) is 52.7 Å². The Balaban J connectivity index is 2.23. The van der Waals surface area contributed by atoms with Gasteiger partial charge in [-0.3, -0.25) is 4.79 Å². The first kappa shape index (κ1) is 14.2. The highest BCUT2D eigenvalue weighted by Crippen LogP contribution is 2.19. The second kappa shape index (κ2) is 5.83. The predicted octanol–water partition coefficient (Wildman–Crippen LogP) is 3.10. The number of carbonyl (C=O) groups is 2.